The fraction of sp³-hybridized carbons (Fsp3) is 0.500. The van der Waals surface area contributed by atoms with Gasteiger partial charge in [-0.05, 0) is 89.6 Å². The number of nitrogens with zero attached hydrogens (tertiary/aromatic N) is 2. The summed E-state index contributed by atoms with van der Waals surface area (Å²) in [5.74, 6) is 6.04. The van der Waals surface area contributed by atoms with Gasteiger partial charge in [-0.15, -0.1) is 5.92 Å². The number of esters is 1. The predicted molar refractivity (Wildman–Crippen MR) is 115 cm³/mol. The number of fused-ring (bicyclic) bond motifs is 1. The van der Waals surface area contributed by atoms with E-state index in [0.717, 1.165) is 41.5 Å². The Balaban J connectivity index is 2.27. The minimum atomic E-state index is -0.662. The third-order valence-electron chi connectivity index (χ3n) is 5.28. The first-order valence-corrected chi connectivity index (χ1v) is 10.3. The number of carbonyl (C=O) groups is 1. The maximum Gasteiger partial charge on any atom is 0.317 e. The van der Waals surface area contributed by atoms with Crippen molar-refractivity contribution in [2.75, 3.05) is 0 Å². The van der Waals surface area contributed by atoms with Gasteiger partial charge >= 0.3 is 5.97 Å². The molecule has 0 atom stereocenters. The molecule has 2 heterocycles. The lowest BCUT2D eigenvalue weighted by atomic mass is 9.94. The number of benzene rings is 1. The molecule has 3 rings (SSSR count). The van der Waals surface area contributed by atoms with Gasteiger partial charge in [0.25, 0.3) is 5.56 Å². The molecule has 0 aliphatic carbocycles. The summed E-state index contributed by atoms with van der Waals surface area (Å²) in [6.45, 7) is 12.5. The summed E-state index contributed by atoms with van der Waals surface area (Å²) in [5.41, 5.74) is 3.38. The Hall–Kier alpha value is -2.74. The maximum absolute atomic E-state index is 13.5. The van der Waals surface area contributed by atoms with E-state index in [4.69, 9.17) is 4.74 Å². The summed E-state index contributed by atoms with van der Waals surface area (Å²) >= 11 is 0. The molecular weight excluding hydrogens is 364 g/mol. The Morgan fingerprint density at radius 2 is 1.59 bits per heavy atom. The Bertz CT molecular complexity index is 1050. The predicted octanol–water partition coefficient (Wildman–Crippen LogP) is 4.44. The molecule has 1 aliphatic heterocycles. The highest BCUT2D eigenvalue weighted by atomic mass is 16.5. The third-order valence-corrected chi connectivity index (χ3v) is 5.28. The standard InChI is InChI=1S/C24H30N2O3/c1-7-11-18-14-16(2)19(17(3)15-18)20-21(27)25-12-9-8-10-13-26(25)22(20)29-23(28)24(4,5)6/h14-15H,8-10,12-13H2,1-6H3. The zero-order valence-electron chi connectivity index (χ0n) is 18.3. The van der Waals surface area contributed by atoms with Gasteiger partial charge in [-0.1, -0.05) is 5.92 Å². The molecular formula is C24H30N2O3. The number of ether oxygens (including phenoxy) is 1. The number of aromatic nitrogens is 2. The number of rotatable bonds is 2. The second kappa shape index (κ2) is 7.94. The molecule has 5 heteroatoms. The normalized spacial score (nSPS) is 13.9. The second-order valence-electron chi connectivity index (χ2n) is 8.79. The summed E-state index contributed by atoms with van der Waals surface area (Å²) in [6.07, 6.45) is 2.95. The van der Waals surface area contributed by atoms with Crippen LogP contribution in [0.25, 0.3) is 11.1 Å². The van der Waals surface area contributed by atoms with Crippen molar-refractivity contribution >= 4 is 5.97 Å². The van der Waals surface area contributed by atoms with Crippen molar-refractivity contribution in [3.8, 4) is 28.8 Å². The van der Waals surface area contributed by atoms with E-state index in [1.807, 2.05) is 51.4 Å². The molecule has 5 nitrogen and oxygen atoms in total. The molecule has 0 bridgehead atoms. The SMILES string of the molecule is CC#Cc1cc(C)c(-c2c(OC(=O)C(C)(C)C)n3n(c2=O)CCCCC3)c(C)c1. The van der Waals surface area contributed by atoms with Gasteiger partial charge in [-0.25, -0.2) is 4.68 Å². The third kappa shape index (κ3) is 4.03. The van der Waals surface area contributed by atoms with Gasteiger partial charge in [0.1, 0.15) is 5.56 Å². The van der Waals surface area contributed by atoms with Crippen LogP contribution in [-0.4, -0.2) is 15.3 Å². The molecule has 0 radical (unpaired) electrons. The Kier molecular flexibility index (Phi) is 5.75. The van der Waals surface area contributed by atoms with E-state index in [9.17, 15) is 9.59 Å². The first-order valence-electron chi connectivity index (χ1n) is 10.3. The van der Waals surface area contributed by atoms with Gasteiger partial charge in [0, 0.05) is 18.7 Å². The molecule has 0 unspecified atom stereocenters. The van der Waals surface area contributed by atoms with Crippen molar-refractivity contribution in [3.63, 3.8) is 0 Å². The van der Waals surface area contributed by atoms with Crippen LogP contribution in [-0.2, 0) is 17.9 Å². The van der Waals surface area contributed by atoms with Crippen molar-refractivity contribution in [3.05, 3.63) is 39.2 Å². The molecule has 0 fully saturated rings. The molecule has 0 amide bonds. The smallest absolute Gasteiger partial charge is 0.317 e. The molecule has 1 aromatic heterocycles. The van der Waals surface area contributed by atoms with Gasteiger partial charge in [0.15, 0.2) is 0 Å². The Morgan fingerprint density at radius 3 is 2.14 bits per heavy atom. The monoisotopic (exact) mass is 394 g/mol. The van der Waals surface area contributed by atoms with E-state index in [1.165, 1.54) is 0 Å². The lowest BCUT2D eigenvalue weighted by Crippen LogP contribution is -2.27. The van der Waals surface area contributed by atoms with Crippen LogP contribution in [0, 0.1) is 31.1 Å². The molecule has 1 aromatic carbocycles. The number of hydrogen-bond acceptors (Lipinski definition) is 3. The summed E-state index contributed by atoms with van der Waals surface area (Å²) in [6, 6.07) is 3.97. The zero-order chi connectivity index (χ0) is 21.3. The van der Waals surface area contributed by atoms with Crippen LogP contribution in [0.3, 0.4) is 0 Å². The number of carbonyl (C=O) groups excluding carboxylic acids is 1. The molecule has 0 saturated carbocycles. The molecule has 1 aliphatic rings. The van der Waals surface area contributed by atoms with E-state index < -0.39 is 5.41 Å². The van der Waals surface area contributed by atoms with Crippen LogP contribution >= 0.6 is 0 Å². The van der Waals surface area contributed by atoms with E-state index in [1.54, 1.807) is 11.6 Å². The van der Waals surface area contributed by atoms with Gasteiger partial charge in [0.2, 0.25) is 5.88 Å². The molecule has 0 saturated heterocycles. The van der Waals surface area contributed by atoms with Crippen LogP contribution < -0.4 is 10.3 Å². The fourth-order valence-electron chi connectivity index (χ4n) is 3.85. The lowest BCUT2D eigenvalue weighted by Gasteiger charge is -2.19. The fourth-order valence-corrected chi connectivity index (χ4v) is 3.85. The second-order valence-corrected chi connectivity index (χ2v) is 8.79. The summed E-state index contributed by atoms with van der Waals surface area (Å²) in [4.78, 5) is 26.2. The average Bonchev–Trinajstić information content (AvgIpc) is 2.79. The zero-order valence-corrected chi connectivity index (χ0v) is 18.3. The number of hydrogen-bond donors (Lipinski definition) is 0. The average molecular weight is 395 g/mol. The lowest BCUT2D eigenvalue weighted by molar-refractivity contribution is -0.143. The van der Waals surface area contributed by atoms with Crippen LogP contribution in [0.4, 0.5) is 0 Å². The molecule has 154 valence electrons. The quantitative estimate of drug-likeness (QED) is 0.559. The van der Waals surface area contributed by atoms with Crippen molar-refractivity contribution < 1.29 is 9.53 Å². The van der Waals surface area contributed by atoms with E-state index in [2.05, 4.69) is 11.8 Å². The minimum Gasteiger partial charge on any atom is -0.407 e. The molecule has 29 heavy (non-hydrogen) atoms. The summed E-state index contributed by atoms with van der Waals surface area (Å²) < 4.78 is 9.51. The molecule has 0 spiro atoms. The Labute approximate surface area is 172 Å². The molecule has 0 N–H and O–H groups in total. The minimum absolute atomic E-state index is 0.0934. The highest BCUT2D eigenvalue weighted by molar-refractivity contribution is 5.82. The highest BCUT2D eigenvalue weighted by Gasteiger charge is 2.31. The van der Waals surface area contributed by atoms with Crippen molar-refractivity contribution in [2.45, 2.75) is 73.9 Å². The van der Waals surface area contributed by atoms with Crippen LogP contribution in [0.5, 0.6) is 5.88 Å². The van der Waals surface area contributed by atoms with Gasteiger partial charge in [0.05, 0.1) is 5.41 Å². The van der Waals surface area contributed by atoms with Crippen LogP contribution in [0.2, 0.25) is 0 Å². The summed E-state index contributed by atoms with van der Waals surface area (Å²) in [5, 5.41) is 0. The van der Waals surface area contributed by atoms with Gasteiger partial charge in [-0.3, -0.25) is 14.3 Å². The van der Waals surface area contributed by atoms with Gasteiger partial charge < -0.3 is 4.74 Å². The summed E-state index contributed by atoms with van der Waals surface area (Å²) in [7, 11) is 0. The first kappa shape index (κ1) is 21.0. The van der Waals surface area contributed by atoms with Crippen LogP contribution in [0.1, 0.15) is 63.6 Å². The highest BCUT2D eigenvalue weighted by Crippen LogP contribution is 2.35. The van der Waals surface area contributed by atoms with Crippen molar-refractivity contribution in [1.82, 2.24) is 9.36 Å². The van der Waals surface area contributed by atoms with E-state index >= 15 is 0 Å². The maximum atomic E-state index is 13.5. The van der Waals surface area contributed by atoms with Crippen LogP contribution in [0.15, 0.2) is 16.9 Å². The van der Waals surface area contributed by atoms with Gasteiger partial charge in [-0.2, -0.15) is 0 Å². The van der Waals surface area contributed by atoms with Crippen molar-refractivity contribution in [2.24, 2.45) is 5.41 Å². The number of aryl methyl sites for hydroxylation is 2. The van der Waals surface area contributed by atoms with E-state index in [0.29, 0.717) is 24.5 Å². The van der Waals surface area contributed by atoms with E-state index in [-0.39, 0.29) is 11.5 Å². The van der Waals surface area contributed by atoms with Crippen molar-refractivity contribution in [1.29, 1.82) is 0 Å². The Morgan fingerprint density at radius 1 is 1.00 bits per heavy atom. The topological polar surface area (TPSA) is 53.2 Å². The first-order chi connectivity index (χ1) is 13.6. The molecule has 2 aromatic rings. The largest absolute Gasteiger partial charge is 0.407 e.